The predicted molar refractivity (Wildman–Crippen MR) is 137 cm³/mol. The molecule has 2 aromatic heterocycles. The van der Waals surface area contributed by atoms with Gasteiger partial charge in [-0.15, -0.1) is 0 Å². The van der Waals surface area contributed by atoms with Crippen molar-refractivity contribution >= 4 is 23.3 Å². The SMILES string of the molecule is C1CCC(N2CCOCC2)CC1.Cc1ccc(F)c(Nc2ncc(C(F)(F)F)c(Nc3cc(C)[nH]n3)n2)c1. The number of anilines is 4. The van der Waals surface area contributed by atoms with E-state index in [4.69, 9.17) is 4.74 Å². The van der Waals surface area contributed by atoms with E-state index in [-0.39, 0.29) is 17.5 Å². The molecular weight excluding hydrogens is 502 g/mol. The normalized spacial score (nSPS) is 17.0. The molecule has 38 heavy (non-hydrogen) atoms. The summed E-state index contributed by atoms with van der Waals surface area (Å²) in [6, 6.07) is 6.73. The number of aromatic amines is 1. The van der Waals surface area contributed by atoms with Crippen molar-refractivity contribution in [2.75, 3.05) is 36.9 Å². The highest BCUT2D eigenvalue weighted by molar-refractivity contribution is 5.61. The number of benzene rings is 1. The Balaban J connectivity index is 0.000000232. The van der Waals surface area contributed by atoms with Crippen molar-refractivity contribution in [3.05, 3.63) is 53.1 Å². The van der Waals surface area contributed by atoms with Crippen LogP contribution in [0.25, 0.3) is 0 Å². The average Bonchev–Trinajstić information content (AvgIpc) is 3.31. The first-order valence-electron chi connectivity index (χ1n) is 12.8. The molecule has 1 aliphatic heterocycles. The van der Waals surface area contributed by atoms with Gasteiger partial charge in [0.2, 0.25) is 5.95 Å². The molecular formula is C26H33F4N7O. The first kappa shape index (κ1) is 27.8. The molecule has 1 saturated heterocycles. The highest BCUT2D eigenvalue weighted by Gasteiger charge is 2.35. The highest BCUT2D eigenvalue weighted by atomic mass is 19.4. The molecule has 206 valence electrons. The maximum absolute atomic E-state index is 13.8. The van der Waals surface area contributed by atoms with E-state index in [0.717, 1.165) is 24.8 Å². The number of morpholine rings is 1. The lowest BCUT2D eigenvalue weighted by Gasteiger charge is -2.36. The number of nitrogens with one attached hydrogen (secondary N) is 3. The van der Waals surface area contributed by atoms with E-state index in [0.29, 0.717) is 11.9 Å². The third kappa shape index (κ3) is 7.64. The quantitative estimate of drug-likeness (QED) is 0.340. The van der Waals surface area contributed by atoms with Crippen LogP contribution in [0.3, 0.4) is 0 Å². The number of alkyl halides is 3. The third-order valence-electron chi connectivity index (χ3n) is 6.55. The number of ether oxygens (including phenoxy) is 1. The van der Waals surface area contributed by atoms with E-state index in [1.54, 1.807) is 19.9 Å². The first-order chi connectivity index (χ1) is 18.2. The molecule has 3 heterocycles. The monoisotopic (exact) mass is 535 g/mol. The van der Waals surface area contributed by atoms with Crippen molar-refractivity contribution < 1.29 is 22.3 Å². The Morgan fingerprint density at radius 2 is 1.76 bits per heavy atom. The molecule has 12 heteroatoms. The number of hydrogen-bond donors (Lipinski definition) is 3. The van der Waals surface area contributed by atoms with Crippen molar-refractivity contribution in [2.24, 2.45) is 0 Å². The Kier molecular flexibility index (Phi) is 9.16. The minimum absolute atomic E-state index is 0.0614. The smallest absolute Gasteiger partial charge is 0.379 e. The van der Waals surface area contributed by atoms with Crippen LogP contribution in [0.15, 0.2) is 30.5 Å². The van der Waals surface area contributed by atoms with Crippen molar-refractivity contribution in [3.8, 4) is 0 Å². The highest BCUT2D eigenvalue weighted by Crippen LogP contribution is 2.35. The van der Waals surface area contributed by atoms with Crippen LogP contribution >= 0.6 is 0 Å². The van der Waals surface area contributed by atoms with Gasteiger partial charge < -0.3 is 15.4 Å². The number of aryl methyl sites for hydroxylation is 2. The summed E-state index contributed by atoms with van der Waals surface area (Å²) >= 11 is 0. The lowest BCUT2D eigenvalue weighted by molar-refractivity contribution is -0.137. The molecule has 3 N–H and O–H groups in total. The Morgan fingerprint density at radius 1 is 1.03 bits per heavy atom. The molecule has 0 amide bonds. The number of nitrogens with zero attached hydrogens (tertiary/aromatic N) is 4. The van der Waals surface area contributed by atoms with Gasteiger partial charge in [0.25, 0.3) is 0 Å². The van der Waals surface area contributed by atoms with Gasteiger partial charge in [0.05, 0.1) is 18.9 Å². The number of H-pyrrole nitrogens is 1. The van der Waals surface area contributed by atoms with Crippen LogP contribution in [-0.4, -0.2) is 57.4 Å². The third-order valence-corrected chi connectivity index (χ3v) is 6.55. The zero-order valence-electron chi connectivity index (χ0n) is 21.5. The minimum atomic E-state index is -4.67. The van der Waals surface area contributed by atoms with E-state index in [9.17, 15) is 17.6 Å². The van der Waals surface area contributed by atoms with Gasteiger partial charge in [-0.3, -0.25) is 10.00 Å². The van der Waals surface area contributed by atoms with Crippen molar-refractivity contribution in [1.82, 2.24) is 25.1 Å². The lowest BCUT2D eigenvalue weighted by atomic mass is 9.94. The van der Waals surface area contributed by atoms with Gasteiger partial charge in [0.1, 0.15) is 17.2 Å². The molecule has 0 bridgehead atoms. The molecule has 2 fully saturated rings. The van der Waals surface area contributed by atoms with E-state index in [2.05, 4.69) is 35.7 Å². The van der Waals surface area contributed by atoms with Gasteiger partial charge in [0, 0.05) is 37.1 Å². The summed E-state index contributed by atoms with van der Waals surface area (Å²) in [4.78, 5) is 10.1. The Bertz CT molecular complexity index is 1170. The molecule has 1 saturated carbocycles. The van der Waals surface area contributed by atoms with Gasteiger partial charge in [-0.1, -0.05) is 25.3 Å². The molecule has 2 aliphatic rings. The second-order valence-corrected chi connectivity index (χ2v) is 9.56. The van der Waals surface area contributed by atoms with Crippen LogP contribution in [0.1, 0.15) is 48.9 Å². The van der Waals surface area contributed by atoms with Crippen molar-refractivity contribution in [3.63, 3.8) is 0 Å². The molecule has 1 aliphatic carbocycles. The summed E-state index contributed by atoms with van der Waals surface area (Å²) in [6.45, 7) is 7.71. The second-order valence-electron chi connectivity index (χ2n) is 9.56. The van der Waals surface area contributed by atoms with Crippen LogP contribution in [-0.2, 0) is 10.9 Å². The van der Waals surface area contributed by atoms with Crippen LogP contribution in [0, 0.1) is 19.7 Å². The zero-order valence-corrected chi connectivity index (χ0v) is 21.5. The van der Waals surface area contributed by atoms with Crippen LogP contribution in [0.4, 0.5) is 40.8 Å². The maximum Gasteiger partial charge on any atom is 0.421 e. The lowest BCUT2D eigenvalue weighted by Crippen LogP contribution is -2.44. The first-order valence-corrected chi connectivity index (χ1v) is 12.8. The van der Waals surface area contributed by atoms with Crippen molar-refractivity contribution in [2.45, 2.75) is 58.2 Å². The standard InChI is InChI=1S/C16H14F4N6.C10H19NO/c1-8-3-4-11(17)12(5-8)22-15-21-7-10(16(18,19)20)14(24-15)23-13-6-9(2)25-26-13;1-2-4-10(5-3-1)11-6-8-12-9-7-11/h3-7H,1-2H3,(H3,21,22,23,24,25,26);10H,1-9H2. The summed E-state index contributed by atoms with van der Waals surface area (Å²) < 4.78 is 58.8. The topological polar surface area (TPSA) is 91.0 Å². The summed E-state index contributed by atoms with van der Waals surface area (Å²) in [5, 5.41) is 11.5. The van der Waals surface area contributed by atoms with Gasteiger partial charge in [-0.05, 0) is 44.4 Å². The van der Waals surface area contributed by atoms with Crippen molar-refractivity contribution in [1.29, 1.82) is 0 Å². The van der Waals surface area contributed by atoms with E-state index >= 15 is 0 Å². The largest absolute Gasteiger partial charge is 0.421 e. The van der Waals surface area contributed by atoms with Crippen LogP contribution in [0.5, 0.6) is 0 Å². The fourth-order valence-electron chi connectivity index (χ4n) is 4.59. The van der Waals surface area contributed by atoms with Gasteiger partial charge >= 0.3 is 6.18 Å². The minimum Gasteiger partial charge on any atom is -0.379 e. The van der Waals surface area contributed by atoms with Gasteiger partial charge in [0.15, 0.2) is 5.82 Å². The fraction of sp³-hybridized carbons (Fsp3) is 0.500. The molecule has 0 unspecified atom stereocenters. The molecule has 0 atom stereocenters. The van der Waals surface area contributed by atoms with E-state index in [1.807, 2.05) is 0 Å². The summed E-state index contributed by atoms with van der Waals surface area (Å²) in [6.07, 6.45) is 3.18. The molecule has 3 aromatic rings. The van der Waals surface area contributed by atoms with Gasteiger partial charge in [-0.25, -0.2) is 9.37 Å². The molecule has 1 aromatic carbocycles. The fourth-order valence-corrected chi connectivity index (χ4v) is 4.59. The number of halogens is 4. The van der Waals surface area contributed by atoms with Crippen LogP contribution < -0.4 is 10.6 Å². The summed E-state index contributed by atoms with van der Waals surface area (Å²) in [5.41, 5.74) is 0.432. The number of hydrogen-bond acceptors (Lipinski definition) is 7. The van der Waals surface area contributed by atoms with E-state index < -0.39 is 23.4 Å². The predicted octanol–water partition coefficient (Wildman–Crippen LogP) is 6.11. The Labute approximate surface area is 219 Å². The van der Waals surface area contributed by atoms with Gasteiger partial charge in [-0.2, -0.15) is 23.3 Å². The Hall–Kier alpha value is -3.25. The summed E-state index contributed by atoms with van der Waals surface area (Å²) in [7, 11) is 0. The van der Waals surface area contributed by atoms with E-state index in [1.165, 1.54) is 63.4 Å². The second kappa shape index (κ2) is 12.5. The molecule has 5 rings (SSSR count). The van der Waals surface area contributed by atoms with Crippen LogP contribution in [0.2, 0.25) is 0 Å². The maximum atomic E-state index is 13.8. The molecule has 0 spiro atoms. The summed E-state index contributed by atoms with van der Waals surface area (Å²) in [5.74, 6) is -1.08. The number of aromatic nitrogens is 4. The molecule has 8 nitrogen and oxygen atoms in total. The Morgan fingerprint density at radius 3 is 2.42 bits per heavy atom. The molecule has 0 radical (unpaired) electrons. The zero-order chi connectivity index (χ0) is 27.1. The number of rotatable bonds is 5. The average molecular weight is 536 g/mol.